The van der Waals surface area contributed by atoms with Gasteiger partial charge in [0.15, 0.2) is 0 Å². The summed E-state index contributed by atoms with van der Waals surface area (Å²) in [6.07, 6.45) is -0.714. The maximum atomic E-state index is 10.7. The number of hydrogen-bond acceptors (Lipinski definition) is 5. The Kier molecular flexibility index (Phi) is 4.43. The summed E-state index contributed by atoms with van der Waals surface area (Å²) in [5, 5.41) is 27.7. The number of methoxy groups -OCH3 is 1. The number of carbonyl (C=O) groups is 1. The predicted octanol–water partition coefficient (Wildman–Crippen LogP) is 0.566. The predicted molar refractivity (Wildman–Crippen MR) is 63.5 cm³/mol. The molecule has 0 aliphatic heterocycles. The molecule has 0 aliphatic rings. The first kappa shape index (κ1) is 14.2. The summed E-state index contributed by atoms with van der Waals surface area (Å²) in [5.74, 6) is 0.326. The molecule has 18 heavy (non-hydrogen) atoms. The van der Waals surface area contributed by atoms with E-state index in [9.17, 15) is 4.79 Å². The van der Waals surface area contributed by atoms with Gasteiger partial charge in [-0.2, -0.15) is 0 Å². The fourth-order valence-corrected chi connectivity index (χ4v) is 1.65. The Labute approximate surface area is 105 Å². The van der Waals surface area contributed by atoms with Gasteiger partial charge in [0.05, 0.1) is 19.4 Å². The Morgan fingerprint density at radius 3 is 2.67 bits per heavy atom. The number of aromatic nitrogens is 2. The van der Waals surface area contributed by atoms with Crippen LogP contribution in [0.15, 0.2) is 6.07 Å². The van der Waals surface area contributed by atoms with Crippen LogP contribution in [0.3, 0.4) is 0 Å². The minimum absolute atomic E-state index is 0.225. The maximum Gasteiger partial charge on any atom is 0.405 e. The average molecular weight is 255 g/mol. The number of aliphatic hydroxyl groups excluding tert-OH is 1. The smallest absolute Gasteiger partial charge is 0.405 e. The molecule has 3 N–H and O–H groups in total. The molecule has 100 valence electrons. The van der Waals surface area contributed by atoms with Gasteiger partial charge in [0, 0.05) is 17.5 Å². The third kappa shape index (κ3) is 3.85. The summed E-state index contributed by atoms with van der Waals surface area (Å²) < 4.78 is 5.07. The van der Waals surface area contributed by atoms with Crippen LogP contribution in [0, 0.1) is 0 Å². The van der Waals surface area contributed by atoms with Gasteiger partial charge in [0.25, 0.3) is 0 Å². The third-order valence-electron chi connectivity index (χ3n) is 2.32. The molecule has 7 nitrogen and oxygen atoms in total. The van der Waals surface area contributed by atoms with Crippen LogP contribution in [0.2, 0.25) is 0 Å². The summed E-state index contributed by atoms with van der Waals surface area (Å²) in [7, 11) is 1.46. The molecule has 0 atom stereocenters. The summed E-state index contributed by atoms with van der Waals surface area (Å²) in [6.45, 7) is 3.27. The minimum atomic E-state index is -1.09. The second-order valence-corrected chi connectivity index (χ2v) is 4.52. The van der Waals surface area contributed by atoms with Crippen LogP contribution in [-0.2, 0) is 13.0 Å². The number of carboxylic acid groups (broad SMARTS) is 1. The minimum Gasteiger partial charge on any atom is -0.480 e. The Balaban J connectivity index is 2.97. The molecule has 7 heteroatoms. The lowest BCUT2D eigenvalue weighted by Gasteiger charge is -2.25. The molecule has 1 aromatic rings. The zero-order valence-corrected chi connectivity index (χ0v) is 10.6. The Bertz CT molecular complexity index is 434. The summed E-state index contributed by atoms with van der Waals surface area (Å²) in [4.78, 5) is 10.7. The van der Waals surface area contributed by atoms with Crippen molar-refractivity contribution < 1.29 is 19.7 Å². The van der Waals surface area contributed by atoms with Crippen LogP contribution in [0.25, 0.3) is 0 Å². The van der Waals surface area contributed by atoms with Gasteiger partial charge in [-0.25, -0.2) is 4.79 Å². The second-order valence-electron chi connectivity index (χ2n) is 4.52. The highest BCUT2D eigenvalue weighted by molar-refractivity contribution is 5.65. The monoisotopic (exact) mass is 255 g/mol. The van der Waals surface area contributed by atoms with Crippen LogP contribution in [0.1, 0.15) is 25.1 Å². The van der Waals surface area contributed by atoms with E-state index < -0.39 is 11.6 Å². The summed E-state index contributed by atoms with van der Waals surface area (Å²) in [6, 6.07) is 1.65. The van der Waals surface area contributed by atoms with Gasteiger partial charge in [0.2, 0.25) is 5.88 Å². The highest BCUT2D eigenvalue weighted by Crippen LogP contribution is 2.21. The quantitative estimate of drug-likeness (QED) is 0.710. The lowest BCUT2D eigenvalue weighted by molar-refractivity contribution is 0.182. The second kappa shape index (κ2) is 5.63. The van der Waals surface area contributed by atoms with Crippen molar-refractivity contribution in [3.05, 3.63) is 17.3 Å². The molecular weight excluding hydrogens is 238 g/mol. The Hall–Kier alpha value is -1.89. The van der Waals surface area contributed by atoms with Crippen LogP contribution in [-0.4, -0.2) is 39.2 Å². The zero-order chi connectivity index (χ0) is 13.8. The number of hydrogen-bond donors (Lipinski definition) is 3. The van der Waals surface area contributed by atoms with E-state index in [-0.39, 0.29) is 6.61 Å². The molecule has 0 fully saturated rings. The Morgan fingerprint density at radius 2 is 2.17 bits per heavy atom. The van der Waals surface area contributed by atoms with Gasteiger partial charge in [-0.3, -0.25) is 0 Å². The van der Waals surface area contributed by atoms with Gasteiger partial charge in [-0.05, 0) is 19.9 Å². The lowest BCUT2D eigenvalue weighted by Crippen LogP contribution is -2.44. The van der Waals surface area contributed by atoms with E-state index in [0.717, 1.165) is 0 Å². The van der Waals surface area contributed by atoms with Crippen molar-refractivity contribution >= 4 is 6.09 Å². The van der Waals surface area contributed by atoms with E-state index in [4.69, 9.17) is 14.9 Å². The van der Waals surface area contributed by atoms with E-state index in [2.05, 4.69) is 15.5 Å². The number of rotatable bonds is 5. The Morgan fingerprint density at radius 1 is 1.50 bits per heavy atom. The maximum absolute atomic E-state index is 10.7. The fourth-order valence-electron chi connectivity index (χ4n) is 1.65. The third-order valence-corrected chi connectivity index (χ3v) is 2.32. The number of nitrogens with zero attached hydrogens (tertiary/aromatic N) is 2. The molecule has 0 unspecified atom stereocenters. The fraction of sp³-hybridized carbons (Fsp3) is 0.545. The van der Waals surface area contributed by atoms with E-state index in [0.29, 0.717) is 23.6 Å². The number of nitrogens with one attached hydrogen (secondary N) is 1. The molecule has 0 saturated carbocycles. The first-order valence-electron chi connectivity index (χ1n) is 5.39. The SMILES string of the molecule is COc1nnc(CO)cc1CC(C)(C)NC(=O)O. The first-order chi connectivity index (χ1) is 8.38. The topological polar surface area (TPSA) is 105 Å². The molecule has 0 aromatic carbocycles. The zero-order valence-electron chi connectivity index (χ0n) is 10.6. The standard InChI is InChI=1S/C11H17N3O4/c1-11(2,12-10(16)17)5-7-4-8(6-15)13-14-9(7)18-3/h4,12,15H,5-6H2,1-3H3,(H,16,17). The van der Waals surface area contributed by atoms with Gasteiger partial charge >= 0.3 is 6.09 Å². The van der Waals surface area contributed by atoms with Crippen LogP contribution in [0.5, 0.6) is 5.88 Å². The first-order valence-corrected chi connectivity index (χ1v) is 5.39. The van der Waals surface area contributed by atoms with Crippen LogP contribution < -0.4 is 10.1 Å². The summed E-state index contributed by atoms with van der Waals surface area (Å²) in [5.41, 5.74) is 0.432. The van der Waals surface area contributed by atoms with E-state index in [1.165, 1.54) is 7.11 Å². The van der Waals surface area contributed by atoms with Crippen molar-refractivity contribution in [2.45, 2.75) is 32.4 Å². The highest BCUT2D eigenvalue weighted by Gasteiger charge is 2.23. The molecule has 0 spiro atoms. The highest BCUT2D eigenvalue weighted by atomic mass is 16.5. The normalized spacial score (nSPS) is 11.1. The van der Waals surface area contributed by atoms with Crippen molar-refractivity contribution in [3.63, 3.8) is 0 Å². The average Bonchev–Trinajstić information content (AvgIpc) is 2.26. The van der Waals surface area contributed by atoms with Gasteiger partial charge in [-0.15, -0.1) is 10.2 Å². The molecule has 1 aromatic heterocycles. The number of ether oxygens (including phenoxy) is 1. The van der Waals surface area contributed by atoms with Crippen LogP contribution in [0.4, 0.5) is 4.79 Å². The molecule has 1 amide bonds. The van der Waals surface area contributed by atoms with Crippen LogP contribution >= 0.6 is 0 Å². The van der Waals surface area contributed by atoms with Crippen molar-refractivity contribution in [1.82, 2.24) is 15.5 Å². The van der Waals surface area contributed by atoms with Gasteiger partial charge < -0.3 is 20.3 Å². The number of amides is 1. The van der Waals surface area contributed by atoms with Crippen molar-refractivity contribution in [2.75, 3.05) is 7.11 Å². The van der Waals surface area contributed by atoms with E-state index in [1.54, 1.807) is 19.9 Å². The molecule has 0 bridgehead atoms. The lowest BCUT2D eigenvalue weighted by atomic mass is 9.95. The van der Waals surface area contributed by atoms with Crippen molar-refractivity contribution in [1.29, 1.82) is 0 Å². The van der Waals surface area contributed by atoms with Gasteiger partial charge in [-0.1, -0.05) is 0 Å². The number of aliphatic hydroxyl groups is 1. The van der Waals surface area contributed by atoms with Gasteiger partial charge in [0.1, 0.15) is 0 Å². The molecule has 0 aliphatic carbocycles. The van der Waals surface area contributed by atoms with E-state index in [1.807, 2.05) is 0 Å². The van der Waals surface area contributed by atoms with Crippen molar-refractivity contribution in [2.24, 2.45) is 0 Å². The molecule has 1 rings (SSSR count). The summed E-state index contributed by atoms with van der Waals surface area (Å²) >= 11 is 0. The molecular formula is C11H17N3O4. The van der Waals surface area contributed by atoms with Crippen molar-refractivity contribution in [3.8, 4) is 5.88 Å². The van der Waals surface area contributed by atoms with E-state index >= 15 is 0 Å². The molecule has 0 saturated heterocycles. The molecule has 1 heterocycles. The molecule has 0 radical (unpaired) electrons. The largest absolute Gasteiger partial charge is 0.480 e.